The fourth-order valence-corrected chi connectivity index (χ4v) is 13.5. The maximum atomic E-state index is 14.3. The first-order valence-corrected chi connectivity index (χ1v) is 34.8. The number of benzene rings is 6. The smallest absolute Gasteiger partial charge is 0.337 e. The molecule has 0 aromatic heterocycles. The number of carbonyl (C=O) groups excluding carboxylic acids is 1. The largest absolute Gasteiger partial charge is 0.479 e. The van der Waals surface area contributed by atoms with E-state index in [1.807, 2.05) is 48.5 Å². The molecule has 108 heavy (non-hydrogen) atoms. The zero-order valence-corrected chi connectivity index (χ0v) is 58.6. The zero-order valence-electron chi connectivity index (χ0n) is 58.6. The summed E-state index contributed by atoms with van der Waals surface area (Å²) in [7, 11) is 2.31. The molecule has 5 saturated heterocycles. The summed E-state index contributed by atoms with van der Waals surface area (Å²) in [4.78, 5) is 37.6. The van der Waals surface area contributed by atoms with Gasteiger partial charge in [-0.2, -0.15) is 0 Å². The lowest BCUT2D eigenvalue weighted by Gasteiger charge is -2.51. The van der Waals surface area contributed by atoms with Crippen LogP contribution in [-0.4, -0.2) is 230 Å². The fraction of sp³-hybridized carbons (Fsp3) is 0.486. The van der Waals surface area contributed by atoms with Crippen LogP contribution in [-0.2, 0) is 130 Å². The van der Waals surface area contributed by atoms with Crippen molar-refractivity contribution in [1.29, 1.82) is 0 Å². The number of aliphatic hydroxyl groups excluding tert-OH is 5. The van der Waals surface area contributed by atoms with Gasteiger partial charge in [-0.25, -0.2) is 9.59 Å². The van der Waals surface area contributed by atoms with Gasteiger partial charge in [-0.1, -0.05) is 197 Å². The van der Waals surface area contributed by atoms with Crippen LogP contribution in [0.2, 0.25) is 0 Å². The second kappa shape index (κ2) is 40.2. The molecule has 0 saturated carbocycles. The molecule has 6 N–H and O–H groups in total. The Morgan fingerprint density at radius 1 is 0.361 bits per heavy atom. The van der Waals surface area contributed by atoms with Crippen LogP contribution >= 0.6 is 0 Å². The van der Waals surface area contributed by atoms with E-state index in [2.05, 4.69) is 30.1 Å². The third-order valence-electron chi connectivity index (χ3n) is 18.8. The van der Waals surface area contributed by atoms with Gasteiger partial charge in [0.05, 0.1) is 72.7 Å². The van der Waals surface area contributed by atoms with Crippen molar-refractivity contribution in [3.05, 3.63) is 247 Å². The van der Waals surface area contributed by atoms with Gasteiger partial charge < -0.3 is 111 Å². The molecule has 6 aromatic carbocycles. The maximum absolute atomic E-state index is 14.3. The molecule has 5 aliphatic heterocycles. The SMILES string of the molecule is COC(=O)C1O[C@@H](O[C@H]2C(CO)O[C@@H](OC)C(N=[N+]=[N-])[C@H]2OCc2ccccc2)C(O)[C@H](OCc2ccccc2)[C@H]1O[C@@H]1OC(CO)[C@H](O[C@@H]2OC(C(=O)O)[C@H](O[C@@H]3OC(CO)[C@H](OCc4ccccc4)[C@H](OCc4ccccc4)C3N=[N+]=[N-])[C@H](OCc3ccccc3)C2OCc2ccccc2)[C@H](O)C1N=[N+]=[N-]. The Bertz CT molecular complexity index is 3890. The molecule has 11 rings (SSSR count). The van der Waals surface area contributed by atoms with Gasteiger partial charge in [0.25, 0.3) is 0 Å². The van der Waals surface area contributed by atoms with Crippen molar-refractivity contribution < 1.29 is 121 Å². The molecule has 5 fully saturated rings. The van der Waals surface area contributed by atoms with Gasteiger partial charge in [-0.3, -0.25) is 0 Å². The van der Waals surface area contributed by atoms with Crippen molar-refractivity contribution in [3.8, 4) is 0 Å². The highest BCUT2D eigenvalue weighted by Crippen LogP contribution is 2.41. The average molecular weight is 1500 g/mol. The van der Waals surface area contributed by atoms with E-state index in [4.69, 9.17) is 80.5 Å². The van der Waals surface area contributed by atoms with Crippen molar-refractivity contribution in [2.75, 3.05) is 34.0 Å². The van der Waals surface area contributed by atoms with E-state index in [1.165, 1.54) is 7.11 Å². The van der Waals surface area contributed by atoms with Crippen molar-refractivity contribution in [3.63, 3.8) is 0 Å². The molecule has 6 aromatic rings. The number of azide groups is 3. The Morgan fingerprint density at radius 3 is 1.10 bits per heavy atom. The third kappa shape index (κ3) is 20.0. The Morgan fingerprint density at radius 2 is 0.685 bits per heavy atom. The van der Waals surface area contributed by atoms with Crippen LogP contribution in [0.4, 0.5) is 0 Å². The topological polar surface area (TPSA) is 459 Å². The molecular formula is C74H85N9O25. The maximum Gasteiger partial charge on any atom is 0.337 e. The van der Waals surface area contributed by atoms with E-state index >= 15 is 0 Å². The van der Waals surface area contributed by atoms with Crippen LogP contribution in [0.5, 0.6) is 0 Å². The molecule has 34 heteroatoms. The fourth-order valence-electron chi connectivity index (χ4n) is 13.5. The van der Waals surface area contributed by atoms with Gasteiger partial charge in [0, 0.05) is 21.8 Å². The van der Waals surface area contributed by atoms with Crippen LogP contribution in [0.25, 0.3) is 31.3 Å². The number of carboxylic acids is 1. The van der Waals surface area contributed by atoms with E-state index in [-0.39, 0.29) is 39.6 Å². The van der Waals surface area contributed by atoms with Gasteiger partial charge in [0.2, 0.25) is 0 Å². The molecule has 0 amide bonds. The number of methoxy groups -OCH3 is 2. The van der Waals surface area contributed by atoms with E-state index in [0.29, 0.717) is 27.8 Å². The van der Waals surface area contributed by atoms with Crippen LogP contribution < -0.4 is 0 Å². The number of carboxylic acid groups (broad SMARTS) is 1. The zero-order chi connectivity index (χ0) is 75.9. The standard InChI is InChI=1S/C74H85N9O25/c1-92-69(91)66-63(61(97-39-45-27-15-6-16-28-45)55(88)73(108-66)104-58-50(35-86)100-70(93-2)52(79-82-76)60(58)96-38-44-25-13-5-14-26-44)105-71-51(78-81-75)54(87)56(48(33-84)101-71)103-74-67(99-41-47-31-19-8-20-32-47)62(98-40-46-29-17-7-18-30-46)64(65(107-74)68(89)90)106-72-53(80-83-77)59(95-37-43-23-11-4-12-24-43)57(49(34-85)102-72)94-36-42-21-9-3-10-22-42/h3-32,48-67,70-74,84-88H,33-41H2,1-2H3,(H,89,90)/t48?,49?,50?,51?,52?,53?,54-,55?,56+,57+,58+,59-,60-,61+,62+,63-,64-,65?,66?,67?,70-,71+,72+,73-,74-/m1/s1. The highest BCUT2D eigenvalue weighted by molar-refractivity contribution is 5.75. The molecule has 25 atom stereocenters. The molecule has 0 aliphatic carbocycles. The van der Waals surface area contributed by atoms with E-state index in [9.17, 15) is 56.8 Å². The summed E-state index contributed by atoms with van der Waals surface area (Å²) in [5.41, 5.74) is 34.3. The predicted octanol–water partition coefficient (Wildman–Crippen LogP) is 6.30. The molecule has 5 aliphatic rings. The second-order valence-electron chi connectivity index (χ2n) is 25.7. The molecule has 34 nitrogen and oxygen atoms in total. The van der Waals surface area contributed by atoms with Crippen molar-refractivity contribution in [1.82, 2.24) is 0 Å². The minimum atomic E-state index is -2.17. The second-order valence-corrected chi connectivity index (χ2v) is 25.7. The molecule has 576 valence electrons. The van der Waals surface area contributed by atoms with Crippen molar-refractivity contribution in [2.45, 2.75) is 193 Å². The number of ether oxygens (including phenoxy) is 17. The number of aliphatic hydroxyl groups is 5. The molecule has 0 bridgehead atoms. The number of carbonyl (C=O) groups is 2. The molecule has 0 spiro atoms. The van der Waals surface area contributed by atoms with Gasteiger partial charge in [-0.05, 0) is 50.0 Å². The van der Waals surface area contributed by atoms with Crippen LogP contribution in [0.1, 0.15) is 33.4 Å². The lowest BCUT2D eigenvalue weighted by atomic mass is 9.93. The summed E-state index contributed by atoms with van der Waals surface area (Å²) in [6.45, 7) is -3.47. The first kappa shape index (κ1) is 80.4. The van der Waals surface area contributed by atoms with Crippen LogP contribution in [0, 0.1) is 0 Å². The minimum Gasteiger partial charge on any atom is -0.479 e. The summed E-state index contributed by atoms with van der Waals surface area (Å²) in [6.07, 6.45) is -37.6. The Labute approximate surface area is 619 Å². The highest BCUT2D eigenvalue weighted by atomic mass is 16.8. The van der Waals surface area contributed by atoms with E-state index in [0.717, 1.165) is 12.7 Å². The normalized spacial score (nSPS) is 32.6. The molecule has 0 radical (unpaired) electrons. The first-order valence-electron chi connectivity index (χ1n) is 34.8. The van der Waals surface area contributed by atoms with Crippen molar-refractivity contribution >= 4 is 11.9 Å². The van der Waals surface area contributed by atoms with Crippen LogP contribution in [0.15, 0.2) is 197 Å². The van der Waals surface area contributed by atoms with Gasteiger partial charge in [0.1, 0.15) is 104 Å². The summed E-state index contributed by atoms with van der Waals surface area (Å²) < 4.78 is 109. The molecule has 5 heterocycles. The summed E-state index contributed by atoms with van der Waals surface area (Å²) in [6, 6.07) is 48.3. The lowest BCUT2D eigenvalue weighted by molar-refractivity contribution is -0.382. The minimum absolute atomic E-state index is 0.00913. The van der Waals surface area contributed by atoms with Gasteiger partial charge in [-0.15, -0.1) is 0 Å². The number of hydrogen-bond acceptors (Lipinski definition) is 27. The molecule has 10 unspecified atom stereocenters. The number of nitrogens with zero attached hydrogens (tertiary/aromatic N) is 9. The summed E-state index contributed by atoms with van der Waals surface area (Å²) in [5, 5.41) is 82.3. The van der Waals surface area contributed by atoms with E-state index in [1.54, 1.807) is 133 Å². The predicted molar refractivity (Wildman–Crippen MR) is 372 cm³/mol. The quantitative estimate of drug-likeness (QED) is 0.0110. The average Bonchev–Trinajstić information content (AvgIpc) is 0.759. The van der Waals surface area contributed by atoms with Crippen LogP contribution in [0.3, 0.4) is 0 Å². The number of esters is 1. The van der Waals surface area contributed by atoms with Gasteiger partial charge >= 0.3 is 11.9 Å². The first-order chi connectivity index (χ1) is 52.8. The Balaban J connectivity index is 0.920. The number of hydrogen-bond donors (Lipinski definition) is 6. The summed E-state index contributed by atoms with van der Waals surface area (Å²) >= 11 is 0. The summed E-state index contributed by atoms with van der Waals surface area (Å²) in [5.74, 6) is -2.84. The highest BCUT2D eigenvalue weighted by Gasteiger charge is 2.60. The number of rotatable bonds is 35. The Hall–Kier alpha value is -8.65. The third-order valence-corrected chi connectivity index (χ3v) is 18.8. The monoisotopic (exact) mass is 1500 g/mol. The van der Waals surface area contributed by atoms with Gasteiger partial charge in [0.15, 0.2) is 43.7 Å². The van der Waals surface area contributed by atoms with Crippen molar-refractivity contribution in [2.24, 2.45) is 15.3 Å². The number of aliphatic carboxylic acids is 1. The van der Waals surface area contributed by atoms with E-state index < -0.39 is 185 Å². The molecular weight excluding hydrogens is 1410 g/mol. The lowest BCUT2D eigenvalue weighted by Crippen LogP contribution is -2.69. The Kier molecular flexibility index (Phi) is 29.9.